The quantitative estimate of drug-likeness (QED) is 0.103. The third kappa shape index (κ3) is 14.0. The van der Waals surface area contributed by atoms with E-state index in [4.69, 9.17) is 4.84 Å². The molecule has 0 atom stereocenters. The molecule has 228 valence electrons. The number of hydroxylamine groups is 1. The summed E-state index contributed by atoms with van der Waals surface area (Å²) in [6.07, 6.45) is 21.7. The topological polar surface area (TPSA) is 97.7 Å². The predicted octanol–water partition coefficient (Wildman–Crippen LogP) is 6.86. The Labute approximate surface area is 247 Å². The number of nitrogens with zero attached hydrogens (tertiary/aromatic N) is 2. The molecule has 41 heavy (non-hydrogen) atoms. The highest BCUT2D eigenvalue weighted by Crippen LogP contribution is 2.17. The van der Waals surface area contributed by atoms with Crippen LogP contribution < -0.4 is 5.48 Å². The van der Waals surface area contributed by atoms with Crippen LogP contribution in [-0.4, -0.2) is 43.3 Å². The van der Waals surface area contributed by atoms with Gasteiger partial charge < -0.3 is 9.74 Å². The molecule has 0 fully saturated rings. The van der Waals surface area contributed by atoms with E-state index >= 15 is 0 Å². The van der Waals surface area contributed by atoms with Crippen molar-refractivity contribution in [3.05, 3.63) is 59.9 Å². The number of aromatic nitrogens is 1. The molecule has 0 aliphatic heterocycles. The van der Waals surface area contributed by atoms with E-state index in [1.54, 1.807) is 30.3 Å². The van der Waals surface area contributed by atoms with Crippen molar-refractivity contribution in [2.24, 2.45) is 0 Å². The van der Waals surface area contributed by atoms with Crippen LogP contribution in [0.1, 0.15) is 108 Å². The second kappa shape index (κ2) is 19.3. The third-order valence-electron chi connectivity index (χ3n) is 6.86. The van der Waals surface area contributed by atoms with Crippen LogP contribution in [0.25, 0.3) is 6.08 Å². The highest BCUT2D eigenvalue weighted by Gasteiger charge is 2.16. The molecule has 2 rings (SSSR count). The van der Waals surface area contributed by atoms with E-state index in [1.165, 1.54) is 88.8 Å². The minimum Gasteiger partial charge on any atom is -0.341 e. The van der Waals surface area contributed by atoms with E-state index in [-0.39, 0.29) is 11.3 Å². The molecule has 1 aromatic carbocycles. The number of rotatable bonds is 20. The monoisotopic (exact) mass is 587 g/mol. The summed E-state index contributed by atoms with van der Waals surface area (Å²) in [6, 6.07) is 8.35. The molecule has 0 saturated carbocycles. The number of nitrogens with one attached hydrogen (secondary N) is 1. The van der Waals surface area contributed by atoms with E-state index in [0.717, 1.165) is 35.3 Å². The fourth-order valence-corrected chi connectivity index (χ4v) is 5.75. The lowest BCUT2D eigenvalue weighted by molar-refractivity contribution is -0.156. The van der Waals surface area contributed by atoms with Crippen molar-refractivity contribution >= 4 is 28.0 Å². The van der Waals surface area contributed by atoms with Gasteiger partial charge in [-0.3, -0.25) is 4.79 Å². The Balaban J connectivity index is 1.60. The lowest BCUT2D eigenvalue weighted by Gasteiger charge is -2.10. The van der Waals surface area contributed by atoms with Gasteiger partial charge in [0.2, 0.25) is 0 Å². The average molecular weight is 588 g/mol. The van der Waals surface area contributed by atoms with Gasteiger partial charge in [0.05, 0.1) is 4.90 Å². The second-order valence-corrected chi connectivity index (χ2v) is 12.8. The number of unbranched alkanes of at least 4 members (excludes halogenated alkanes) is 12. The summed E-state index contributed by atoms with van der Waals surface area (Å²) < 4.78 is 27.0. The van der Waals surface area contributed by atoms with Crippen LogP contribution in [0, 0.1) is 0 Å². The number of carbonyl (C=O) groups is 2. The molecule has 1 N–H and O–H groups in total. The van der Waals surface area contributed by atoms with E-state index in [9.17, 15) is 18.0 Å². The SMILES string of the molecule is CCCCCCCCCCCCCCCC(=O)ONC(=O)/C=C/c1ccn(S(=O)(=O)c2ccc(CN(C)C)cc2)c1. The predicted molar refractivity (Wildman–Crippen MR) is 164 cm³/mol. The molecule has 8 nitrogen and oxygen atoms in total. The Morgan fingerprint density at radius 3 is 1.98 bits per heavy atom. The maximum absolute atomic E-state index is 12.9. The average Bonchev–Trinajstić information content (AvgIpc) is 3.43. The fraction of sp³-hybridized carbons (Fsp3) is 0.562. The Morgan fingerprint density at radius 2 is 1.41 bits per heavy atom. The van der Waals surface area contributed by atoms with Crippen LogP contribution in [0.15, 0.2) is 53.7 Å². The molecule has 1 amide bonds. The molecule has 0 saturated heterocycles. The van der Waals surface area contributed by atoms with Crippen LogP contribution >= 0.6 is 0 Å². The summed E-state index contributed by atoms with van der Waals surface area (Å²) in [7, 11) is 0.150. The molecular weight excluding hydrogens is 538 g/mol. The molecule has 0 spiro atoms. The molecule has 2 aromatic rings. The van der Waals surface area contributed by atoms with Crippen molar-refractivity contribution in [2.75, 3.05) is 14.1 Å². The lowest BCUT2D eigenvalue weighted by atomic mass is 10.0. The van der Waals surface area contributed by atoms with E-state index in [0.29, 0.717) is 5.56 Å². The summed E-state index contributed by atoms with van der Waals surface area (Å²) in [5, 5.41) is 0. The van der Waals surface area contributed by atoms with Crippen LogP contribution in [0.2, 0.25) is 0 Å². The van der Waals surface area contributed by atoms with E-state index in [1.807, 2.05) is 19.0 Å². The minimum absolute atomic E-state index is 0.180. The van der Waals surface area contributed by atoms with Crippen molar-refractivity contribution < 1.29 is 22.8 Å². The van der Waals surface area contributed by atoms with Crippen LogP contribution in [0.4, 0.5) is 0 Å². The van der Waals surface area contributed by atoms with Gasteiger partial charge in [0.25, 0.3) is 15.9 Å². The van der Waals surface area contributed by atoms with Crippen LogP contribution in [-0.2, 0) is 31.0 Å². The zero-order chi connectivity index (χ0) is 29.9. The lowest BCUT2D eigenvalue weighted by Crippen LogP contribution is -2.25. The van der Waals surface area contributed by atoms with Crippen molar-refractivity contribution in [3.8, 4) is 0 Å². The third-order valence-corrected chi connectivity index (χ3v) is 8.51. The number of carbonyl (C=O) groups excluding carboxylic acids is 2. The molecule has 0 aliphatic carbocycles. The van der Waals surface area contributed by atoms with Gasteiger partial charge in [0.15, 0.2) is 0 Å². The van der Waals surface area contributed by atoms with Crippen molar-refractivity contribution in [3.63, 3.8) is 0 Å². The largest absolute Gasteiger partial charge is 0.341 e. The van der Waals surface area contributed by atoms with Crippen molar-refractivity contribution in [1.29, 1.82) is 0 Å². The number of hydrogen-bond acceptors (Lipinski definition) is 6. The summed E-state index contributed by atoms with van der Waals surface area (Å²) in [6.45, 7) is 2.96. The highest BCUT2D eigenvalue weighted by atomic mass is 32.2. The number of benzene rings is 1. The maximum atomic E-state index is 12.9. The van der Waals surface area contributed by atoms with E-state index in [2.05, 4.69) is 12.4 Å². The molecule has 9 heteroatoms. The van der Waals surface area contributed by atoms with Gasteiger partial charge in [-0.1, -0.05) is 96.1 Å². The molecule has 0 radical (unpaired) electrons. The van der Waals surface area contributed by atoms with Crippen LogP contribution in [0.5, 0.6) is 0 Å². The molecule has 0 unspecified atom stereocenters. The molecular formula is C32H49N3O5S. The van der Waals surface area contributed by atoms with E-state index < -0.39 is 21.9 Å². The van der Waals surface area contributed by atoms with Crippen molar-refractivity contribution in [2.45, 2.75) is 108 Å². The van der Waals surface area contributed by atoms with Crippen molar-refractivity contribution in [1.82, 2.24) is 14.4 Å². The first-order valence-electron chi connectivity index (χ1n) is 15.1. The molecule has 1 aromatic heterocycles. The zero-order valence-corrected chi connectivity index (χ0v) is 26.0. The van der Waals surface area contributed by atoms with Gasteiger partial charge in [-0.05, 0) is 55.9 Å². The number of hydrogen-bond donors (Lipinski definition) is 1. The summed E-state index contributed by atoms with van der Waals surface area (Å²) in [4.78, 5) is 31.0. The maximum Gasteiger partial charge on any atom is 0.332 e. The highest BCUT2D eigenvalue weighted by molar-refractivity contribution is 7.90. The van der Waals surface area contributed by atoms with Crippen LogP contribution in [0.3, 0.4) is 0 Å². The Hall–Kier alpha value is -2.91. The number of amides is 1. The van der Waals surface area contributed by atoms with Gasteiger partial charge in [-0.15, -0.1) is 0 Å². The first-order valence-corrected chi connectivity index (χ1v) is 16.5. The molecule has 1 heterocycles. The summed E-state index contributed by atoms with van der Waals surface area (Å²) >= 11 is 0. The Bertz CT molecular complexity index is 1170. The molecule has 0 aliphatic rings. The van der Waals surface area contributed by atoms with Gasteiger partial charge in [0, 0.05) is 31.4 Å². The fourth-order valence-electron chi connectivity index (χ4n) is 4.55. The summed E-state index contributed by atoms with van der Waals surface area (Å²) in [5.41, 5.74) is 3.66. The zero-order valence-electron chi connectivity index (χ0n) is 25.1. The van der Waals surface area contributed by atoms with Gasteiger partial charge in [-0.25, -0.2) is 17.2 Å². The van der Waals surface area contributed by atoms with Gasteiger partial charge >= 0.3 is 5.97 Å². The standard InChI is InChI=1S/C32H49N3O5S/c1-4-5-6-7-8-9-10-11-12-13-14-15-16-17-32(37)40-33-31(36)23-20-29-24-25-35(27-29)41(38,39)30-21-18-28(19-22-30)26-34(2)3/h18-25,27H,4-17,26H2,1-3H3,(H,33,36)/b23-20+. The van der Waals surface area contributed by atoms with Gasteiger partial charge in [-0.2, -0.15) is 5.48 Å². The first kappa shape index (κ1) is 34.3. The normalized spacial score (nSPS) is 11.8. The molecule has 0 bridgehead atoms. The first-order chi connectivity index (χ1) is 19.7. The second-order valence-electron chi connectivity index (χ2n) is 10.9. The summed E-state index contributed by atoms with van der Waals surface area (Å²) in [5.74, 6) is -1.07. The Kier molecular flexibility index (Phi) is 16.1. The Morgan fingerprint density at radius 1 is 0.854 bits per heavy atom. The van der Waals surface area contributed by atoms with Gasteiger partial charge in [0.1, 0.15) is 0 Å². The smallest absolute Gasteiger partial charge is 0.332 e. The minimum atomic E-state index is -3.75.